The first-order valence-corrected chi connectivity index (χ1v) is 4.57. The largest absolute Gasteiger partial charge is 0.506 e. The molecule has 0 saturated heterocycles. The average Bonchev–Trinajstić information content (AvgIpc) is 2.14. The quantitative estimate of drug-likeness (QED) is 0.570. The van der Waals surface area contributed by atoms with E-state index in [-0.39, 0.29) is 11.4 Å². The van der Waals surface area contributed by atoms with E-state index in [1.165, 1.54) is 6.07 Å². The van der Waals surface area contributed by atoms with Crippen LogP contribution >= 0.6 is 0 Å². The topological polar surface area (TPSA) is 64.7 Å². The van der Waals surface area contributed by atoms with Crippen LogP contribution in [0, 0.1) is 0 Å². The first kappa shape index (κ1) is 10.5. The third-order valence-corrected chi connectivity index (χ3v) is 1.69. The third kappa shape index (κ3) is 2.22. The summed E-state index contributed by atoms with van der Waals surface area (Å²) in [5, 5.41) is 9.36. The van der Waals surface area contributed by atoms with Gasteiger partial charge >= 0.3 is 0 Å². The van der Waals surface area contributed by atoms with Gasteiger partial charge in [0.2, 0.25) is 0 Å². The highest BCUT2D eigenvalue weighted by atomic mass is 16.5. The lowest BCUT2D eigenvalue weighted by molar-refractivity contribution is 0.286. The van der Waals surface area contributed by atoms with Crippen LogP contribution in [0.15, 0.2) is 12.1 Å². The first-order valence-electron chi connectivity index (χ1n) is 4.57. The molecular weight excluding hydrogens is 182 g/mol. The zero-order chi connectivity index (χ0) is 10.6. The second-order valence-corrected chi connectivity index (χ2v) is 2.72. The number of nitrogen functional groups attached to an aromatic ring is 1. The number of aromatic hydroxyl groups is 1. The van der Waals surface area contributed by atoms with Crippen molar-refractivity contribution in [2.75, 3.05) is 18.9 Å². The van der Waals surface area contributed by atoms with Gasteiger partial charge in [-0.25, -0.2) is 0 Å². The molecule has 0 saturated carbocycles. The summed E-state index contributed by atoms with van der Waals surface area (Å²) >= 11 is 0. The van der Waals surface area contributed by atoms with Gasteiger partial charge in [-0.1, -0.05) is 0 Å². The van der Waals surface area contributed by atoms with E-state index in [0.717, 1.165) is 0 Å². The molecule has 0 bridgehead atoms. The minimum atomic E-state index is 0.0110. The molecule has 0 aliphatic heterocycles. The van der Waals surface area contributed by atoms with Gasteiger partial charge in [0.1, 0.15) is 5.75 Å². The molecule has 78 valence electrons. The van der Waals surface area contributed by atoms with Crippen LogP contribution in [0.2, 0.25) is 0 Å². The van der Waals surface area contributed by atoms with E-state index in [9.17, 15) is 5.11 Å². The van der Waals surface area contributed by atoms with Crippen LogP contribution in [0.25, 0.3) is 0 Å². The van der Waals surface area contributed by atoms with Crippen molar-refractivity contribution in [3.63, 3.8) is 0 Å². The summed E-state index contributed by atoms with van der Waals surface area (Å²) in [5.41, 5.74) is 5.82. The standard InChI is InChI=1S/C10H15NO3/c1-3-13-9-5-7(11)8(12)6-10(9)14-4-2/h5-6,12H,3-4,11H2,1-2H3. The monoisotopic (exact) mass is 197 g/mol. The van der Waals surface area contributed by atoms with Crippen molar-refractivity contribution in [1.82, 2.24) is 0 Å². The summed E-state index contributed by atoms with van der Waals surface area (Å²) in [6.07, 6.45) is 0. The summed E-state index contributed by atoms with van der Waals surface area (Å²) < 4.78 is 10.6. The highest BCUT2D eigenvalue weighted by Crippen LogP contribution is 2.35. The molecule has 0 spiro atoms. The fraction of sp³-hybridized carbons (Fsp3) is 0.400. The van der Waals surface area contributed by atoms with Gasteiger partial charge in [-0.15, -0.1) is 0 Å². The third-order valence-electron chi connectivity index (χ3n) is 1.69. The number of phenols is 1. The lowest BCUT2D eigenvalue weighted by atomic mass is 10.2. The van der Waals surface area contributed by atoms with Crippen LogP contribution < -0.4 is 15.2 Å². The predicted molar refractivity (Wildman–Crippen MR) is 54.9 cm³/mol. The Labute approximate surface area is 83.3 Å². The Hall–Kier alpha value is -1.58. The van der Waals surface area contributed by atoms with Crippen LogP contribution in [0.5, 0.6) is 17.2 Å². The fourth-order valence-electron chi connectivity index (χ4n) is 1.10. The Morgan fingerprint density at radius 1 is 1.14 bits per heavy atom. The van der Waals surface area contributed by atoms with Gasteiger partial charge in [0.15, 0.2) is 11.5 Å². The number of ether oxygens (including phenoxy) is 2. The van der Waals surface area contributed by atoms with E-state index >= 15 is 0 Å². The Bertz CT molecular complexity index is 281. The van der Waals surface area contributed by atoms with Gasteiger partial charge < -0.3 is 20.3 Å². The molecule has 1 aromatic rings. The minimum Gasteiger partial charge on any atom is -0.506 e. The number of rotatable bonds is 4. The molecule has 0 aromatic heterocycles. The van der Waals surface area contributed by atoms with Gasteiger partial charge in [0.25, 0.3) is 0 Å². The maximum atomic E-state index is 9.36. The van der Waals surface area contributed by atoms with Crippen molar-refractivity contribution in [1.29, 1.82) is 0 Å². The molecular formula is C10H15NO3. The zero-order valence-corrected chi connectivity index (χ0v) is 8.41. The molecule has 1 aromatic carbocycles. The van der Waals surface area contributed by atoms with Crippen LogP contribution in [-0.2, 0) is 0 Å². The summed E-state index contributed by atoms with van der Waals surface area (Å²) in [6.45, 7) is 4.79. The van der Waals surface area contributed by atoms with Crippen molar-refractivity contribution in [3.8, 4) is 17.2 Å². The van der Waals surface area contributed by atoms with Crippen molar-refractivity contribution >= 4 is 5.69 Å². The van der Waals surface area contributed by atoms with E-state index in [1.54, 1.807) is 6.07 Å². The number of anilines is 1. The van der Waals surface area contributed by atoms with Gasteiger partial charge in [-0.2, -0.15) is 0 Å². The number of hydrogen-bond donors (Lipinski definition) is 2. The number of nitrogens with two attached hydrogens (primary N) is 1. The molecule has 0 aliphatic rings. The van der Waals surface area contributed by atoms with E-state index in [4.69, 9.17) is 15.2 Å². The average molecular weight is 197 g/mol. The Balaban J connectivity index is 3.03. The predicted octanol–water partition coefficient (Wildman–Crippen LogP) is 1.77. The molecule has 0 atom stereocenters. The Kier molecular flexibility index (Phi) is 3.45. The number of hydrogen-bond acceptors (Lipinski definition) is 4. The molecule has 0 fully saturated rings. The lowest BCUT2D eigenvalue weighted by Crippen LogP contribution is -1.99. The number of benzene rings is 1. The van der Waals surface area contributed by atoms with Crippen LogP contribution in [0.3, 0.4) is 0 Å². The van der Waals surface area contributed by atoms with Gasteiger partial charge in [0, 0.05) is 12.1 Å². The van der Waals surface area contributed by atoms with Crippen molar-refractivity contribution in [3.05, 3.63) is 12.1 Å². The van der Waals surface area contributed by atoms with Crippen LogP contribution in [-0.4, -0.2) is 18.3 Å². The normalized spacial score (nSPS) is 9.86. The maximum Gasteiger partial charge on any atom is 0.164 e. The van der Waals surface area contributed by atoms with Gasteiger partial charge in [0.05, 0.1) is 18.9 Å². The first-order chi connectivity index (χ1) is 6.69. The molecule has 3 N–H and O–H groups in total. The van der Waals surface area contributed by atoms with Gasteiger partial charge in [-0.3, -0.25) is 0 Å². The van der Waals surface area contributed by atoms with Gasteiger partial charge in [-0.05, 0) is 13.8 Å². The molecule has 1 rings (SSSR count). The molecule has 4 heteroatoms. The summed E-state index contributed by atoms with van der Waals surface area (Å²) in [6, 6.07) is 3.02. The van der Waals surface area contributed by atoms with Crippen molar-refractivity contribution in [2.45, 2.75) is 13.8 Å². The molecule has 0 radical (unpaired) electrons. The van der Waals surface area contributed by atoms with E-state index in [1.807, 2.05) is 13.8 Å². The van der Waals surface area contributed by atoms with Crippen LogP contribution in [0.4, 0.5) is 5.69 Å². The SMILES string of the molecule is CCOc1cc(N)c(O)cc1OCC. The summed E-state index contributed by atoms with van der Waals surface area (Å²) in [4.78, 5) is 0. The van der Waals surface area contributed by atoms with Crippen molar-refractivity contribution < 1.29 is 14.6 Å². The van der Waals surface area contributed by atoms with Crippen LogP contribution in [0.1, 0.15) is 13.8 Å². The zero-order valence-electron chi connectivity index (χ0n) is 8.41. The van der Waals surface area contributed by atoms with E-state index in [2.05, 4.69) is 0 Å². The fourth-order valence-corrected chi connectivity index (χ4v) is 1.10. The smallest absolute Gasteiger partial charge is 0.164 e. The summed E-state index contributed by atoms with van der Waals surface area (Å²) in [5.74, 6) is 1.09. The van der Waals surface area contributed by atoms with E-state index < -0.39 is 0 Å². The molecule has 0 heterocycles. The molecule has 0 aliphatic carbocycles. The van der Waals surface area contributed by atoms with Crippen molar-refractivity contribution in [2.24, 2.45) is 0 Å². The highest BCUT2D eigenvalue weighted by Gasteiger charge is 2.08. The number of phenolic OH excluding ortho intramolecular Hbond substituents is 1. The molecule has 14 heavy (non-hydrogen) atoms. The Morgan fingerprint density at radius 2 is 1.64 bits per heavy atom. The molecule has 0 amide bonds. The lowest BCUT2D eigenvalue weighted by Gasteiger charge is -2.12. The Morgan fingerprint density at radius 3 is 2.14 bits per heavy atom. The molecule has 0 unspecified atom stereocenters. The highest BCUT2D eigenvalue weighted by molar-refractivity contribution is 5.61. The minimum absolute atomic E-state index is 0.0110. The van der Waals surface area contributed by atoms with E-state index in [0.29, 0.717) is 24.7 Å². The second kappa shape index (κ2) is 4.60. The molecule has 4 nitrogen and oxygen atoms in total. The summed E-state index contributed by atoms with van der Waals surface area (Å²) in [7, 11) is 0. The second-order valence-electron chi connectivity index (χ2n) is 2.72. The maximum absolute atomic E-state index is 9.36.